The number of aromatic nitrogens is 2. The van der Waals surface area contributed by atoms with E-state index in [1.54, 1.807) is 0 Å². The molecule has 0 fully saturated rings. The van der Waals surface area contributed by atoms with Gasteiger partial charge in [0.2, 0.25) is 0 Å². The van der Waals surface area contributed by atoms with Crippen LogP contribution in [0.2, 0.25) is 0 Å². The maximum atomic E-state index is 7.17. The molecule has 0 spiro atoms. The number of nitrogens with zero attached hydrogens (tertiary/aromatic N) is 3. The molecule has 3 aliphatic rings. The fraction of sp³-hybridized carbons (Fsp3) is 0.321. The average Bonchev–Trinajstić information content (AvgIpc) is 3.63. The molecule has 7 aromatic rings. The van der Waals surface area contributed by atoms with E-state index in [0.717, 1.165) is 45.4 Å². The molecule has 10 rings (SSSR count). The average molecular weight is 957 g/mol. The van der Waals surface area contributed by atoms with Gasteiger partial charge < -0.3 is 14.0 Å². The molecule has 0 saturated heterocycles. The molecule has 1 aliphatic carbocycles. The van der Waals surface area contributed by atoms with Gasteiger partial charge in [-0.2, -0.15) is 6.07 Å². The number of pyridine rings is 1. The van der Waals surface area contributed by atoms with Crippen molar-refractivity contribution in [3.8, 4) is 17.2 Å². The molecule has 2 aromatic heterocycles. The first-order valence-corrected chi connectivity index (χ1v) is 20.6. The van der Waals surface area contributed by atoms with Crippen LogP contribution in [0.4, 0.5) is 0 Å². The van der Waals surface area contributed by atoms with Crippen LogP contribution in [0, 0.1) is 19.1 Å². The van der Waals surface area contributed by atoms with Crippen molar-refractivity contribution in [3.05, 3.63) is 165 Å². The molecule has 2 atom stereocenters. The predicted octanol–water partition coefficient (Wildman–Crippen LogP) is 12.6. The van der Waals surface area contributed by atoms with E-state index in [-0.39, 0.29) is 37.3 Å². The summed E-state index contributed by atoms with van der Waals surface area (Å²) in [5, 5.41) is 2.36. The first-order valence-electron chi connectivity index (χ1n) is 20.6. The SMILES string of the molecule is Cc1cc2c([c-]c1Oc1[c-]c(C3=N[C@]4(C)c5ccccc5Cc5ccccc5[C@]4(C)O3)cc(C(C)(C)C)c1)-n1c3ncccc3c3cc(C(C)(C)C)cc(c31)C2(C)C.[Pt+2]. The summed E-state index contributed by atoms with van der Waals surface area (Å²) in [4.78, 5) is 10.5. The number of ether oxygens (including phenoxy) is 2. The van der Waals surface area contributed by atoms with Crippen molar-refractivity contribution in [1.29, 1.82) is 0 Å². The molecule has 59 heavy (non-hydrogen) atoms. The van der Waals surface area contributed by atoms with Gasteiger partial charge in [0.1, 0.15) is 22.7 Å². The van der Waals surface area contributed by atoms with Crippen LogP contribution in [0.3, 0.4) is 0 Å². The van der Waals surface area contributed by atoms with E-state index in [9.17, 15) is 0 Å². The minimum Gasteiger partial charge on any atom is -0.507 e. The van der Waals surface area contributed by atoms with Crippen LogP contribution in [-0.4, -0.2) is 15.4 Å². The third-order valence-electron chi connectivity index (χ3n) is 13.4. The predicted molar refractivity (Wildman–Crippen MR) is 235 cm³/mol. The van der Waals surface area contributed by atoms with Crippen LogP contribution in [-0.2, 0) is 59.6 Å². The van der Waals surface area contributed by atoms with Gasteiger partial charge >= 0.3 is 21.1 Å². The van der Waals surface area contributed by atoms with Crippen molar-refractivity contribution < 1.29 is 30.5 Å². The Kier molecular flexibility index (Phi) is 8.70. The molecule has 0 N–H and O–H groups in total. The maximum absolute atomic E-state index is 7.17. The van der Waals surface area contributed by atoms with Crippen molar-refractivity contribution in [2.24, 2.45) is 4.99 Å². The Bertz CT molecular complexity index is 2920. The minimum absolute atomic E-state index is 0. The molecule has 0 radical (unpaired) electrons. The first kappa shape index (κ1) is 39.5. The van der Waals surface area contributed by atoms with Crippen molar-refractivity contribution in [2.75, 3.05) is 0 Å². The van der Waals surface area contributed by atoms with Gasteiger partial charge in [0, 0.05) is 34.0 Å². The topological polar surface area (TPSA) is 48.6 Å². The van der Waals surface area contributed by atoms with Gasteiger partial charge in [0.25, 0.3) is 0 Å². The molecule has 0 unspecified atom stereocenters. The van der Waals surface area contributed by atoms with E-state index in [4.69, 9.17) is 19.5 Å². The standard InChI is InChI=1S/C53H51N3O2.Pt/c1-31-23-42-44(56-46-39(38-19-16-22-54-47(38)56)28-36(50(5,6)7)29-43(46)51(42,8)9)30-45(31)57-37-26-34(25-35(27-37)49(2,3)4)48-55-52(10)40-20-14-12-17-32(40)24-33-18-13-15-21-41(33)53(52,11)58-48;/h12-23,25,27-29H,24H2,1-11H3;/q-2;+2/t52-,53+;/m1./s1. The second kappa shape index (κ2) is 13.0. The van der Waals surface area contributed by atoms with Crippen LogP contribution in [0.25, 0.3) is 27.6 Å². The summed E-state index contributed by atoms with van der Waals surface area (Å²) in [7, 11) is 0. The van der Waals surface area contributed by atoms with E-state index in [1.807, 2.05) is 12.3 Å². The molecule has 0 amide bonds. The molecule has 0 saturated carbocycles. The molecular weight excluding hydrogens is 906 g/mol. The van der Waals surface area contributed by atoms with Gasteiger partial charge in [-0.1, -0.05) is 140 Å². The smallest absolute Gasteiger partial charge is 0.507 e. The maximum Gasteiger partial charge on any atom is 2.00 e. The largest absolute Gasteiger partial charge is 2.00 e. The Balaban J connectivity index is 0.00000449. The number of rotatable bonds is 3. The zero-order chi connectivity index (χ0) is 40.7. The summed E-state index contributed by atoms with van der Waals surface area (Å²) in [6.45, 7) is 24.8. The van der Waals surface area contributed by atoms with E-state index < -0.39 is 11.1 Å². The van der Waals surface area contributed by atoms with Gasteiger partial charge in [-0.25, -0.2) is 4.98 Å². The Hall–Kier alpha value is -4.99. The molecule has 300 valence electrons. The number of fused-ring (bicyclic) bond motifs is 10. The van der Waals surface area contributed by atoms with Crippen LogP contribution >= 0.6 is 0 Å². The fourth-order valence-corrected chi connectivity index (χ4v) is 9.75. The molecule has 4 heterocycles. The number of benzene rings is 5. The number of aliphatic imine (C=N–C) groups is 1. The Morgan fingerprint density at radius 1 is 0.712 bits per heavy atom. The third-order valence-corrected chi connectivity index (χ3v) is 13.4. The fourth-order valence-electron chi connectivity index (χ4n) is 9.75. The first-order chi connectivity index (χ1) is 27.4. The third kappa shape index (κ3) is 5.74. The van der Waals surface area contributed by atoms with Crippen molar-refractivity contribution in [1.82, 2.24) is 9.55 Å². The number of aryl methyl sites for hydroxylation is 1. The van der Waals surface area contributed by atoms with Crippen molar-refractivity contribution in [3.63, 3.8) is 0 Å². The monoisotopic (exact) mass is 956 g/mol. The zero-order valence-electron chi connectivity index (χ0n) is 35.9. The van der Waals surface area contributed by atoms with E-state index in [0.29, 0.717) is 17.4 Å². The van der Waals surface area contributed by atoms with E-state index in [2.05, 4.69) is 178 Å². The van der Waals surface area contributed by atoms with Crippen molar-refractivity contribution >= 4 is 27.8 Å². The molecule has 5 nitrogen and oxygen atoms in total. The van der Waals surface area contributed by atoms with Crippen LogP contribution in [0.1, 0.15) is 125 Å². The van der Waals surface area contributed by atoms with Crippen LogP contribution < -0.4 is 4.74 Å². The molecule has 5 aromatic carbocycles. The normalized spacial score (nSPS) is 20.1. The van der Waals surface area contributed by atoms with Crippen molar-refractivity contribution in [2.45, 2.75) is 110 Å². The van der Waals surface area contributed by atoms with E-state index in [1.165, 1.54) is 44.3 Å². The van der Waals surface area contributed by atoms with Crippen LogP contribution in [0.15, 0.2) is 102 Å². The summed E-state index contributed by atoms with van der Waals surface area (Å²) in [6, 6.07) is 40.4. The number of hydrogen-bond donors (Lipinski definition) is 0. The van der Waals surface area contributed by atoms with E-state index >= 15 is 0 Å². The van der Waals surface area contributed by atoms with Gasteiger partial charge in [-0.3, -0.25) is 4.99 Å². The van der Waals surface area contributed by atoms with Gasteiger partial charge in [0.05, 0.1) is 5.52 Å². The quantitative estimate of drug-likeness (QED) is 0.166. The summed E-state index contributed by atoms with van der Waals surface area (Å²) in [6.07, 6.45) is 2.73. The Labute approximate surface area is 363 Å². The number of hydrogen-bond acceptors (Lipinski definition) is 4. The van der Waals surface area contributed by atoms with Crippen LogP contribution in [0.5, 0.6) is 11.5 Å². The molecule has 2 aliphatic heterocycles. The van der Waals surface area contributed by atoms with Gasteiger partial charge in [-0.05, 0) is 82.5 Å². The second-order valence-corrected chi connectivity index (χ2v) is 19.7. The summed E-state index contributed by atoms with van der Waals surface area (Å²) >= 11 is 0. The summed E-state index contributed by atoms with van der Waals surface area (Å²) in [5.74, 6) is 1.82. The zero-order valence-corrected chi connectivity index (χ0v) is 38.2. The molecule has 6 heteroatoms. The minimum atomic E-state index is -0.739. The Morgan fingerprint density at radius 2 is 1.37 bits per heavy atom. The molecular formula is C53H51N3O2Pt. The van der Waals surface area contributed by atoms with Gasteiger partial charge in [0.15, 0.2) is 0 Å². The van der Waals surface area contributed by atoms with Gasteiger partial charge in [-0.15, -0.1) is 28.8 Å². The Morgan fingerprint density at radius 3 is 2.08 bits per heavy atom. The summed E-state index contributed by atoms with van der Waals surface area (Å²) in [5.41, 5.74) is 12.8. The summed E-state index contributed by atoms with van der Waals surface area (Å²) < 4.78 is 16.4. The molecule has 0 bridgehead atoms. The second-order valence-electron chi connectivity index (χ2n) is 19.7.